The third kappa shape index (κ3) is 8.55. The zero-order chi connectivity index (χ0) is 30.7. The molecule has 9 nitrogen and oxygen atoms in total. The summed E-state index contributed by atoms with van der Waals surface area (Å²) in [6.07, 6.45) is -0.410. The molecule has 1 aliphatic heterocycles. The lowest BCUT2D eigenvalue weighted by atomic mass is 9.97. The number of carbonyl (C=O) groups excluding carboxylic acids is 1. The van der Waals surface area contributed by atoms with Gasteiger partial charge in [0.25, 0.3) is 0 Å². The molecule has 0 aliphatic carbocycles. The maximum absolute atomic E-state index is 14.8. The maximum atomic E-state index is 14.8. The van der Waals surface area contributed by atoms with Gasteiger partial charge in [-0.25, -0.2) is 14.2 Å². The van der Waals surface area contributed by atoms with Gasteiger partial charge in [-0.3, -0.25) is 9.79 Å². The third-order valence-electron chi connectivity index (χ3n) is 6.38. The van der Waals surface area contributed by atoms with E-state index in [4.69, 9.17) is 21.3 Å². The predicted octanol–water partition coefficient (Wildman–Crippen LogP) is 6.16. The average Bonchev–Trinajstić information content (AvgIpc) is 2.84. The summed E-state index contributed by atoms with van der Waals surface area (Å²) in [5.74, 6) is -0.777. The molecule has 2 atom stereocenters. The van der Waals surface area contributed by atoms with Crippen molar-refractivity contribution in [3.63, 3.8) is 0 Å². The van der Waals surface area contributed by atoms with Gasteiger partial charge in [0.1, 0.15) is 29.6 Å². The number of ether oxygens (including phenoxy) is 1. The predicted molar refractivity (Wildman–Crippen MR) is 160 cm³/mol. The minimum absolute atomic E-state index is 0.129. The number of piperazine rings is 1. The molecule has 0 unspecified atom stereocenters. The number of nitrogens with one attached hydrogen (secondary N) is 1. The molecule has 1 aromatic heterocycles. The highest BCUT2D eigenvalue weighted by atomic mass is 35.5. The first-order chi connectivity index (χ1) is 19.0. The third-order valence-corrected chi connectivity index (χ3v) is 6.67. The summed E-state index contributed by atoms with van der Waals surface area (Å²) in [6.45, 7) is 16.2. The molecular formula is C30H41ClFN5O4. The Morgan fingerprint density at radius 1 is 1.12 bits per heavy atom. The van der Waals surface area contributed by atoms with Crippen molar-refractivity contribution in [2.45, 2.75) is 73.1 Å². The fraction of sp³-hybridized carbons (Fsp3) is 0.533. The molecule has 2 heterocycles. The van der Waals surface area contributed by atoms with E-state index >= 15 is 0 Å². The van der Waals surface area contributed by atoms with Gasteiger partial charge in [0.15, 0.2) is 0 Å². The number of carboxylic acids is 1. The average molecular weight is 590 g/mol. The molecule has 0 spiro atoms. The van der Waals surface area contributed by atoms with Crippen LogP contribution in [0.15, 0.2) is 35.3 Å². The maximum Gasteiger partial charge on any atom is 0.410 e. The summed E-state index contributed by atoms with van der Waals surface area (Å²) in [5.41, 5.74) is 0.237. The van der Waals surface area contributed by atoms with Gasteiger partial charge in [-0.15, -0.1) is 0 Å². The number of rotatable bonds is 6. The number of aliphatic imine (C=N–C) groups is 1. The number of benzene rings is 1. The second-order valence-corrected chi connectivity index (χ2v) is 13.0. The minimum atomic E-state index is -1.10. The standard InChI is InChI=1S/C30H41ClFN5O4/c1-18-16-37(28(40)41-30(6,7)8)19(2)15-36(18)27(33-14-24(38)39)21-13-22(31)25(20-11-9-10-12-23(20)32)35-26(21)34-17-29(3,4)5/h9-13,18-19H,14-17H2,1-8H3,(H,34,35)(H,38,39)/t18-,19+/m0/s1. The molecule has 0 saturated carbocycles. The van der Waals surface area contributed by atoms with Gasteiger partial charge in [0.2, 0.25) is 0 Å². The van der Waals surface area contributed by atoms with Crippen LogP contribution in [0.4, 0.5) is 15.0 Å². The van der Waals surface area contributed by atoms with Gasteiger partial charge in [-0.1, -0.05) is 44.5 Å². The number of aliphatic carboxylic acids is 1. The lowest BCUT2D eigenvalue weighted by Gasteiger charge is -2.45. The van der Waals surface area contributed by atoms with Gasteiger partial charge < -0.3 is 25.0 Å². The quantitative estimate of drug-likeness (QED) is 0.307. The van der Waals surface area contributed by atoms with Crippen LogP contribution in [0.25, 0.3) is 11.3 Å². The number of nitrogens with zero attached hydrogens (tertiary/aromatic N) is 4. The van der Waals surface area contributed by atoms with E-state index in [1.54, 1.807) is 29.2 Å². The van der Waals surface area contributed by atoms with Crippen molar-refractivity contribution in [2.24, 2.45) is 10.4 Å². The number of amidine groups is 1. The molecule has 1 aromatic carbocycles. The van der Waals surface area contributed by atoms with Crippen molar-refractivity contribution in [3.8, 4) is 11.3 Å². The fourth-order valence-electron chi connectivity index (χ4n) is 4.45. The highest BCUT2D eigenvalue weighted by Gasteiger charge is 2.37. The van der Waals surface area contributed by atoms with E-state index in [1.807, 2.05) is 39.5 Å². The van der Waals surface area contributed by atoms with E-state index in [9.17, 15) is 19.1 Å². The largest absolute Gasteiger partial charge is 0.480 e. The molecule has 2 aromatic rings. The summed E-state index contributed by atoms with van der Waals surface area (Å²) in [5, 5.41) is 13.1. The van der Waals surface area contributed by atoms with Gasteiger partial charge in [0.05, 0.1) is 16.3 Å². The van der Waals surface area contributed by atoms with Crippen LogP contribution < -0.4 is 5.32 Å². The summed E-state index contributed by atoms with van der Waals surface area (Å²) in [7, 11) is 0. The van der Waals surface area contributed by atoms with Crippen molar-refractivity contribution < 1.29 is 23.8 Å². The molecule has 1 amide bonds. The van der Waals surface area contributed by atoms with E-state index in [0.717, 1.165) is 0 Å². The Bertz CT molecular complexity index is 1300. The fourth-order valence-corrected chi connectivity index (χ4v) is 4.71. The molecule has 11 heteroatoms. The van der Waals surface area contributed by atoms with E-state index in [-0.39, 0.29) is 33.8 Å². The van der Waals surface area contributed by atoms with E-state index in [2.05, 4.69) is 31.1 Å². The lowest BCUT2D eigenvalue weighted by Crippen LogP contribution is -2.60. The number of aromatic nitrogens is 1. The number of carboxylic acid groups (broad SMARTS) is 1. The van der Waals surface area contributed by atoms with Crippen molar-refractivity contribution >= 4 is 35.3 Å². The van der Waals surface area contributed by atoms with Gasteiger partial charge >= 0.3 is 12.1 Å². The first kappa shape index (κ1) is 32.1. The SMILES string of the molecule is C[C@@H]1CN(C(=NCC(=O)O)c2cc(Cl)c(-c3ccccc3F)nc2NCC(C)(C)C)[C@@H](C)CN1C(=O)OC(C)(C)C. The van der Waals surface area contributed by atoms with Crippen LogP contribution in [0.1, 0.15) is 61.0 Å². The van der Waals surface area contributed by atoms with Crippen LogP contribution in [-0.2, 0) is 9.53 Å². The van der Waals surface area contributed by atoms with Crippen LogP contribution in [-0.4, -0.2) is 81.7 Å². The Morgan fingerprint density at radius 2 is 1.73 bits per heavy atom. The molecule has 0 bridgehead atoms. The molecule has 0 radical (unpaired) electrons. The number of amides is 1. The molecule has 1 fully saturated rings. The normalized spacial score (nSPS) is 18.3. The van der Waals surface area contributed by atoms with E-state index in [0.29, 0.717) is 36.9 Å². The summed E-state index contributed by atoms with van der Waals surface area (Å²) in [6, 6.07) is 7.40. The Morgan fingerprint density at radius 3 is 2.32 bits per heavy atom. The van der Waals surface area contributed by atoms with Gasteiger partial charge in [-0.05, 0) is 58.2 Å². The van der Waals surface area contributed by atoms with Crippen molar-refractivity contribution in [3.05, 3.63) is 46.7 Å². The van der Waals surface area contributed by atoms with Crippen LogP contribution in [0, 0.1) is 11.2 Å². The number of halogens is 2. The molecule has 1 aliphatic rings. The van der Waals surface area contributed by atoms with Crippen molar-refractivity contribution in [1.82, 2.24) is 14.8 Å². The summed E-state index contributed by atoms with van der Waals surface area (Å²) >= 11 is 6.72. The number of pyridine rings is 1. The summed E-state index contributed by atoms with van der Waals surface area (Å²) < 4.78 is 20.4. The van der Waals surface area contributed by atoms with E-state index in [1.165, 1.54) is 6.07 Å². The molecule has 1 saturated heterocycles. The number of hydrogen-bond acceptors (Lipinski definition) is 6. The first-order valence-electron chi connectivity index (χ1n) is 13.7. The van der Waals surface area contributed by atoms with Crippen LogP contribution >= 0.6 is 11.6 Å². The smallest absolute Gasteiger partial charge is 0.410 e. The topological polar surface area (TPSA) is 107 Å². The molecule has 2 N–H and O–H groups in total. The van der Waals surface area contributed by atoms with E-state index < -0.39 is 30.0 Å². The second kappa shape index (κ2) is 12.6. The monoisotopic (exact) mass is 589 g/mol. The minimum Gasteiger partial charge on any atom is -0.480 e. The van der Waals surface area contributed by atoms with Crippen LogP contribution in [0.5, 0.6) is 0 Å². The molecular weight excluding hydrogens is 549 g/mol. The van der Waals surface area contributed by atoms with Crippen molar-refractivity contribution in [2.75, 3.05) is 31.5 Å². The van der Waals surface area contributed by atoms with Crippen LogP contribution in [0.3, 0.4) is 0 Å². The van der Waals surface area contributed by atoms with Crippen LogP contribution in [0.2, 0.25) is 5.02 Å². The Kier molecular flexibility index (Phi) is 9.89. The lowest BCUT2D eigenvalue weighted by molar-refractivity contribution is -0.135. The highest BCUT2D eigenvalue weighted by molar-refractivity contribution is 6.33. The zero-order valence-electron chi connectivity index (χ0n) is 25.1. The summed E-state index contributed by atoms with van der Waals surface area (Å²) in [4.78, 5) is 37.4. The number of hydrogen-bond donors (Lipinski definition) is 2. The Balaban J connectivity index is 2.11. The second-order valence-electron chi connectivity index (χ2n) is 12.6. The number of anilines is 1. The zero-order valence-corrected chi connectivity index (χ0v) is 25.8. The molecule has 3 rings (SSSR count). The van der Waals surface area contributed by atoms with Gasteiger partial charge in [-0.2, -0.15) is 0 Å². The molecule has 224 valence electrons. The van der Waals surface area contributed by atoms with Gasteiger partial charge in [0, 0.05) is 37.3 Å². The Hall–Kier alpha value is -3.40. The number of carbonyl (C=O) groups is 2. The Labute approximate surface area is 246 Å². The van der Waals surface area contributed by atoms with Crippen molar-refractivity contribution in [1.29, 1.82) is 0 Å². The first-order valence-corrected chi connectivity index (χ1v) is 14.1. The molecule has 41 heavy (non-hydrogen) atoms. The highest BCUT2D eigenvalue weighted by Crippen LogP contribution is 2.34.